The van der Waals surface area contributed by atoms with E-state index in [-0.39, 0.29) is 4.49 Å². The first kappa shape index (κ1) is 20.4. The van der Waals surface area contributed by atoms with Crippen LogP contribution in [-0.4, -0.2) is 13.2 Å². The Morgan fingerprint density at radius 2 is 1.11 bits per heavy atom. The highest BCUT2D eigenvalue weighted by Gasteiger charge is 2.52. The molecule has 142 valence electrons. The van der Waals surface area contributed by atoms with Gasteiger partial charge >= 0.3 is 6.09 Å². The largest absolute Gasteiger partial charge is 0.453 e. The molecule has 0 aliphatic carbocycles. The number of carbonyl (C=O) groups excluding carboxylic acids is 1. The minimum atomic E-state index is -2.58. The van der Waals surface area contributed by atoms with Gasteiger partial charge < -0.3 is 4.74 Å². The monoisotopic (exact) mass is 430 g/mol. The molecule has 0 spiro atoms. The van der Waals surface area contributed by atoms with E-state index in [9.17, 15) is 4.79 Å². The SMILES string of the molecule is COC(=O)NC(=C(Cl)Cl)[P+](c1ccccc1)(c1ccccc1)c1ccccc1. The Bertz CT molecular complexity index is 863. The number of hydrogen-bond donors (Lipinski definition) is 1. The molecule has 3 rings (SSSR count). The second kappa shape index (κ2) is 9.25. The van der Waals surface area contributed by atoms with Crippen LogP contribution in [0.3, 0.4) is 0 Å². The van der Waals surface area contributed by atoms with Crippen LogP contribution in [0.2, 0.25) is 0 Å². The van der Waals surface area contributed by atoms with E-state index in [1.54, 1.807) is 0 Å². The molecule has 1 N–H and O–H groups in total. The maximum Gasteiger partial charge on any atom is 0.413 e. The van der Waals surface area contributed by atoms with E-state index in [1.165, 1.54) is 7.11 Å². The summed E-state index contributed by atoms with van der Waals surface area (Å²) in [6.45, 7) is 0. The lowest BCUT2D eigenvalue weighted by Gasteiger charge is -2.29. The summed E-state index contributed by atoms with van der Waals surface area (Å²) in [5.74, 6) is 0. The van der Waals surface area contributed by atoms with Gasteiger partial charge in [0.2, 0.25) is 5.44 Å². The molecule has 3 aromatic rings. The molecule has 0 saturated carbocycles. The maximum atomic E-state index is 12.2. The zero-order valence-electron chi connectivity index (χ0n) is 15.2. The van der Waals surface area contributed by atoms with E-state index in [4.69, 9.17) is 27.9 Å². The molecule has 3 aromatic carbocycles. The van der Waals surface area contributed by atoms with E-state index >= 15 is 0 Å². The lowest BCUT2D eigenvalue weighted by atomic mass is 10.4. The second-order valence-corrected chi connectivity index (χ2v) is 10.2. The Morgan fingerprint density at radius 1 is 0.750 bits per heavy atom. The van der Waals surface area contributed by atoms with Crippen molar-refractivity contribution in [1.29, 1.82) is 0 Å². The highest BCUT2D eigenvalue weighted by molar-refractivity contribution is 7.99. The maximum absolute atomic E-state index is 12.2. The van der Waals surface area contributed by atoms with Crippen LogP contribution in [0.5, 0.6) is 0 Å². The van der Waals surface area contributed by atoms with Crippen LogP contribution in [0, 0.1) is 0 Å². The van der Waals surface area contributed by atoms with Crippen LogP contribution >= 0.6 is 30.5 Å². The van der Waals surface area contributed by atoms with E-state index in [0.29, 0.717) is 5.44 Å². The molecule has 0 aromatic heterocycles. The number of nitrogens with one attached hydrogen (secondary N) is 1. The number of rotatable bonds is 5. The molecule has 1 amide bonds. The molecule has 0 aliphatic rings. The van der Waals surface area contributed by atoms with Gasteiger partial charge in [0.25, 0.3) is 0 Å². The number of ether oxygens (including phenoxy) is 1. The molecule has 0 radical (unpaired) electrons. The normalized spacial score (nSPS) is 10.8. The predicted octanol–water partition coefficient (Wildman–Crippen LogP) is 4.94. The van der Waals surface area contributed by atoms with Gasteiger partial charge in [0.15, 0.2) is 11.8 Å². The fraction of sp³-hybridized carbons (Fsp3) is 0.0455. The summed E-state index contributed by atoms with van der Waals surface area (Å²) < 4.78 is 4.85. The molecule has 0 fully saturated rings. The van der Waals surface area contributed by atoms with E-state index in [2.05, 4.69) is 5.32 Å². The van der Waals surface area contributed by atoms with Gasteiger partial charge in [-0.1, -0.05) is 77.8 Å². The Morgan fingerprint density at radius 3 is 1.39 bits per heavy atom. The third-order valence-corrected chi connectivity index (χ3v) is 9.22. The van der Waals surface area contributed by atoms with Crippen molar-refractivity contribution >= 4 is 52.5 Å². The van der Waals surface area contributed by atoms with Gasteiger partial charge in [-0.25, -0.2) is 4.79 Å². The van der Waals surface area contributed by atoms with Gasteiger partial charge in [0.05, 0.1) is 7.11 Å². The summed E-state index contributed by atoms with van der Waals surface area (Å²) in [5, 5.41) is 5.84. The topological polar surface area (TPSA) is 38.3 Å². The number of halogens is 2. The molecule has 0 unspecified atom stereocenters. The van der Waals surface area contributed by atoms with Gasteiger partial charge in [-0.2, -0.15) is 0 Å². The summed E-state index contributed by atoms with van der Waals surface area (Å²) in [5.41, 5.74) is 0.436. The van der Waals surface area contributed by atoms with Crippen LogP contribution in [0.4, 0.5) is 4.79 Å². The van der Waals surface area contributed by atoms with Gasteiger partial charge in [-0.05, 0) is 36.4 Å². The van der Waals surface area contributed by atoms with E-state index in [0.717, 1.165) is 15.9 Å². The summed E-state index contributed by atoms with van der Waals surface area (Å²) in [7, 11) is -1.27. The Labute approximate surface area is 175 Å². The van der Waals surface area contributed by atoms with Crippen molar-refractivity contribution in [2.45, 2.75) is 0 Å². The molecule has 6 heteroatoms. The number of hydrogen-bond acceptors (Lipinski definition) is 2. The number of methoxy groups -OCH3 is 1. The molecule has 0 atom stereocenters. The molecule has 0 aliphatic heterocycles. The van der Waals surface area contributed by atoms with Gasteiger partial charge in [0, 0.05) is 0 Å². The summed E-state index contributed by atoms with van der Waals surface area (Å²) in [4.78, 5) is 12.2. The van der Waals surface area contributed by atoms with Crippen molar-refractivity contribution in [2.75, 3.05) is 7.11 Å². The molecule has 0 saturated heterocycles. The van der Waals surface area contributed by atoms with Crippen molar-refractivity contribution in [3.05, 3.63) is 101 Å². The number of benzene rings is 3. The van der Waals surface area contributed by atoms with Crippen molar-refractivity contribution in [2.24, 2.45) is 0 Å². The van der Waals surface area contributed by atoms with Crippen LogP contribution in [0.25, 0.3) is 0 Å². The fourth-order valence-corrected chi connectivity index (χ4v) is 8.09. The first-order valence-corrected chi connectivity index (χ1v) is 11.1. The molecule has 28 heavy (non-hydrogen) atoms. The third kappa shape index (κ3) is 3.93. The smallest absolute Gasteiger partial charge is 0.413 e. The summed E-state index contributed by atoms with van der Waals surface area (Å²) in [6.07, 6.45) is -0.624. The van der Waals surface area contributed by atoms with Crippen molar-refractivity contribution in [3.63, 3.8) is 0 Å². The van der Waals surface area contributed by atoms with Crippen molar-refractivity contribution < 1.29 is 9.53 Å². The highest BCUT2D eigenvalue weighted by Crippen LogP contribution is 2.62. The zero-order valence-corrected chi connectivity index (χ0v) is 17.6. The Hall–Kier alpha value is -2.32. The summed E-state index contributed by atoms with van der Waals surface area (Å²) >= 11 is 12.8. The van der Waals surface area contributed by atoms with Crippen LogP contribution in [-0.2, 0) is 4.74 Å². The van der Waals surface area contributed by atoms with Crippen molar-refractivity contribution in [1.82, 2.24) is 5.32 Å². The molecule has 0 heterocycles. The van der Waals surface area contributed by atoms with Gasteiger partial charge in [-0.3, -0.25) is 5.32 Å². The van der Waals surface area contributed by atoms with E-state index < -0.39 is 13.4 Å². The average molecular weight is 431 g/mol. The van der Waals surface area contributed by atoms with E-state index in [1.807, 2.05) is 91.0 Å². The van der Waals surface area contributed by atoms with Gasteiger partial charge in [0.1, 0.15) is 15.9 Å². The first-order valence-electron chi connectivity index (χ1n) is 8.57. The minimum absolute atomic E-state index is 0.00436. The Balaban J connectivity index is 2.44. The third-order valence-electron chi connectivity index (χ3n) is 4.35. The lowest BCUT2D eigenvalue weighted by molar-refractivity contribution is 0.175. The summed E-state index contributed by atoms with van der Waals surface area (Å²) in [6, 6.07) is 29.8. The molecule has 0 bridgehead atoms. The fourth-order valence-electron chi connectivity index (χ4n) is 3.19. The second-order valence-electron chi connectivity index (χ2n) is 5.90. The lowest BCUT2D eigenvalue weighted by Crippen LogP contribution is -2.38. The molecule has 3 nitrogen and oxygen atoms in total. The van der Waals surface area contributed by atoms with Crippen LogP contribution in [0.15, 0.2) is 101 Å². The standard InChI is InChI=1S/C22H18Cl2NO2P/c1-27-22(26)25-21(20(23)24)28(17-11-5-2-6-12-17,18-13-7-3-8-14-18)19-15-9-4-10-16-19/h2-16H,1H3/p+1. The van der Waals surface area contributed by atoms with Gasteiger partial charge in [-0.15, -0.1) is 0 Å². The van der Waals surface area contributed by atoms with Crippen molar-refractivity contribution in [3.8, 4) is 0 Å². The minimum Gasteiger partial charge on any atom is -0.453 e. The zero-order chi connectivity index (χ0) is 20.0. The van der Waals surface area contributed by atoms with Crippen LogP contribution in [0.1, 0.15) is 0 Å². The number of carbonyl (C=O) groups is 1. The predicted molar refractivity (Wildman–Crippen MR) is 119 cm³/mol. The number of alkyl carbamates (subject to hydrolysis) is 1. The number of amides is 1. The highest BCUT2D eigenvalue weighted by atomic mass is 35.5. The quantitative estimate of drug-likeness (QED) is 0.582. The first-order chi connectivity index (χ1) is 13.6. The Kier molecular flexibility index (Phi) is 6.74. The molecular formula is C22H19Cl2NO2P+. The average Bonchev–Trinajstić information content (AvgIpc) is 2.75. The van der Waals surface area contributed by atoms with Crippen LogP contribution < -0.4 is 21.2 Å². The molecular weight excluding hydrogens is 412 g/mol.